The summed E-state index contributed by atoms with van der Waals surface area (Å²) in [7, 11) is 0. The molecule has 0 aliphatic carbocycles. The zero-order chi connectivity index (χ0) is 41.4. The first-order valence-electron chi connectivity index (χ1n) is 25.7. The Morgan fingerprint density at radius 3 is 1.07 bits per heavy atom. The summed E-state index contributed by atoms with van der Waals surface area (Å²) in [5.41, 5.74) is 0. The van der Waals surface area contributed by atoms with Gasteiger partial charge < -0.3 is 15.5 Å². The average molecular weight is 800 g/mol. The first-order valence-corrected chi connectivity index (χ1v) is 25.7. The predicted octanol–water partition coefficient (Wildman–Crippen LogP) is 16.5. The SMILES string of the molecule is CCCCCCC/C=C\C/C=C\C/C=C\CCCCCCCCCCCCCCCCCCCCCCCCCCCCC(=O)NC(CO)C(O)CCCCCC. The molecule has 0 saturated heterocycles. The molecule has 0 spiro atoms. The number of hydrogen-bond acceptors (Lipinski definition) is 3. The second kappa shape index (κ2) is 49.0. The van der Waals surface area contributed by atoms with E-state index in [4.69, 9.17) is 0 Å². The van der Waals surface area contributed by atoms with Crippen molar-refractivity contribution in [3.05, 3.63) is 36.5 Å². The van der Waals surface area contributed by atoms with Crippen molar-refractivity contribution < 1.29 is 15.0 Å². The van der Waals surface area contributed by atoms with Gasteiger partial charge in [0.25, 0.3) is 0 Å². The van der Waals surface area contributed by atoms with Crippen molar-refractivity contribution in [3.63, 3.8) is 0 Å². The van der Waals surface area contributed by atoms with Crippen molar-refractivity contribution in [1.29, 1.82) is 0 Å². The number of allylic oxidation sites excluding steroid dienone is 6. The van der Waals surface area contributed by atoms with E-state index in [1.165, 1.54) is 205 Å². The summed E-state index contributed by atoms with van der Waals surface area (Å²) in [6.07, 6.45) is 66.2. The average Bonchev–Trinajstić information content (AvgIpc) is 3.22. The normalized spacial score (nSPS) is 13.1. The lowest BCUT2D eigenvalue weighted by atomic mass is 10.0. The van der Waals surface area contributed by atoms with Gasteiger partial charge in [0.1, 0.15) is 0 Å². The molecule has 0 rings (SSSR count). The van der Waals surface area contributed by atoms with Crippen molar-refractivity contribution in [2.24, 2.45) is 0 Å². The van der Waals surface area contributed by atoms with Gasteiger partial charge in [0.05, 0.1) is 18.8 Å². The van der Waals surface area contributed by atoms with Crippen LogP contribution in [0, 0.1) is 0 Å². The molecule has 1 amide bonds. The van der Waals surface area contributed by atoms with Crippen molar-refractivity contribution in [2.75, 3.05) is 6.61 Å². The number of hydrogen-bond donors (Lipinski definition) is 3. The van der Waals surface area contributed by atoms with Crippen LogP contribution in [0.15, 0.2) is 36.5 Å². The highest BCUT2D eigenvalue weighted by molar-refractivity contribution is 5.76. The van der Waals surface area contributed by atoms with Gasteiger partial charge in [0.15, 0.2) is 0 Å². The van der Waals surface area contributed by atoms with Crippen LogP contribution in [0.5, 0.6) is 0 Å². The first-order chi connectivity index (χ1) is 28.2. The number of unbranched alkanes of at least 4 members (excludes halogenated alkanes) is 34. The van der Waals surface area contributed by atoms with Gasteiger partial charge >= 0.3 is 0 Å². The van der Waals surface area contributed by atoms with Gasteiger partial charge in [-0.05, 0) is 51.4 Å². The quantitative estimate of drug-likeness (QED) is 0.0424. The Balaban J connectivity index is 3.28. The van der Waals surface area contributed by atoms with Gasteiger partial charge in [-0.2, -0.15) is 0 Å². The van der Waals surface area contributed by atoms with Gasteiger partial charge in [-0.3, -0.25) is 4.79 Å². The van der Waals surface area contributed by atoms with E-state index in [1.807, 2.05) is 0 Å². The molecule has 4 nitrogen and oxygen atoms in total. The molecule has 4 heteroatoms. The number of carbonyl (C=O) groups is 1. The Bertz CT molecular complexity index is 866. The lowest BCUT2D eigenvalue weighted by Gasteiger charge is -2.22. The Morgan fingerprint density at radius 2 is 0.719 bits per heavy atom. The summed E-state index contributed by atoms with van der Waals surface area (Å²) in [6.45, 7) is 4.25. The van der Waals surface area contributed by atoms with Gasteiger partial charge in [-0.1, -0.05) is 256 Å². The smallest absolute Gasteiger partial charge is 0.220 e. The molecule has 336 valence electrons. The molecule has 57 heavy (non-hydrogen) atoms. The summed E-state index contributed by atoms with van der Waals surface area (Å²) >= 11 is 0. The van der Waals surface area contributed by atoms with Gasteiger partial charge in [-0.25, -0.2) is 0 Å². The third-order valence-electron chi connectivity index (χ3n) is 11.9. The fourth-order valence-corrected chi connectivity index (χ4v) is 7.96. The summed E-state index contributed by atoms with van der Waals surface area (Å²) < 4.78 is 0. The molecule has 0 aromatic carbocycles. The molecular formula is C53H101NO3. The largest absolute Gasteiger partial charge is 0.394 e. The highest BCUT2D eigenvalue weighted by Gasteiger charge is 2.19. The number of rotatable bonds is 47. The molecule has 0 heterocycles. The van der Waals surface area contributed by atoms with Crippen LogP contribution in [0.1, 0.15) is 277 Å². The second-order valence-electron chi connectivity index (χ2n) is 17.6. The third-order valence-corrected chi connectivity index (χ3v) is 11.9. The molecule has 2 atom stereocenters. The topological polar surface area (TPSA) is 69.6 Å². The Morgan fingerprint density at radius 1 is 0.421 bits per heavy atom. The van der Waals surface area contributed by atoms with Crippen molar-refractivity contribution in [2.45, 2.75) is 289 Å². The van der Waals surface area contributed by atoms with E-state index in [-0.39, 0.29) is 12.5 Å². The number of aliphatic hydroxyl groups is 2. The lowest BCUT2D eigenvalue weighted by Crippen LogP contribution is -2.45. The molecule has 3 N–H and O–H groups in total. The number of carbonyl (C=O) groups excluding carboxylic acids is 1. The number of aliphatic hydroxyl groups excluding tert-OH is 2. The molecule has 0 aliphatic heterocycles. The van der Waals surface area contributed by atoms with Crippen LogP contribution in [0.4, 0.5) is 0 Å². The van der Waals surface area contributed by atoms with E-state index in [0.717, 1.165) is 44.9 Å². The minimum atomic E-state index is -0.652. The highest BCUT2D eigenvalue weighted by Crippen LogP contribution is 2.17. The molecule has 0 bridgehead atoms. The zero-order valence-corrected chi connectivity index (χ0v) is 38.6. The molecular weight excluding hydrogens is 699 g/mol. The van der Waals surface area contributed by atoms with E-state index < -0.39 is 12.1 Å². The third kappa shape index (κ3) is 45.5. The van der Waals surface area contributed by atoms with E-state index in [1.54, 1.807) is 0 Å². The van der Waals surface area contributed by atoms with Crippen LogP contribution in [-0.2, 0) is 4.79 Å². The Kier molecular flexibility index (Phi) is 47.8. The van der Waals surface area contributed by atoms with Crippen LogP contribution in [0.25, 0.3) is 0 Å². The number of nitrogens with one attached hydrogen (secondary N) is 1. The molecule has 0 aromatic rings. The van der Waals surface area contributed by atoms with E-state index in [0.29, 0.717) is 12.8 Å². The predicted molar refractivity (Wildman–Crippen MR) is 253 cm³/mol. The van der Waals surface area contributed by atoms with Gasteiger partial charge in [0, 0.05) is 6.42 Å². The zero-order valence-electron chi connectivity index (χ0n) is 38.6. The van der Waals surface area contributed by atoms with Crippen molar-refractivity contribution in [1.82, 2.24) is 5.32 Å². The van der Waals surface area contributed by atoms with Crippen LogP contribution < -0.4 is 5.32 Å². The summed E-state index contributed by atoms with van der Waals surface area (Å²) in [6, 6.07) is -0.529. The maximum atomic E-state index is 12.3. The van der Waals surface area contributed by atoms with Crippen molar-refractivity contribution in [3.8, 4) is 0 Å². The molecule has 2 unspecified atom stereocenters. The maximum Gasteiger partial charge on any atom is 0.220 e. The fraction of sp³-hybridized carbons (Fsp3) is 0.868. The van der Waals surface area contributed by atoms with Crippen LogP contribution in [0.2, 0.25) is 0 Å². The molecule has 0 aliphatic rings. The number of amides is 1. The van der Waals surface area contributed by atoms with Crippen LogP contribution >= 0.6 is 0 Å². The van der Waals surface area contributed by atoms with Crippen LogP contribution in [0.3, 0.4) is 0 Å². The minimum Gasteiger partial charge on any atom is -0.394 e. The lowest BCUT2D eigenvalue weighted by molar-refractivity contribution is -0.123. The van der Waals surface area contributed by atoms with Gasteiger partial charge in [0.2, 0.25) is 5.91 Å². The molecule has 0 aromatic heterocycles. The monoisotopic (exact) mass is 800 g/mol. The summed E-state index contributed by atoms with van der Waals surface area (Å²) in [4.78, 5) is 12.3. The summed E-state index contributed by atoms with van der Waals surface area (Å²) in [5, 5.41) is 22.7. The molecule has 0 fully saturated rings. The fourth-order valence-electron chi connectivity index (χ4n) is 7.96. The summed E-state index contributed by atoms with van der Waals surface area (Å²) in [5.74, 6) is -0.0366. The second-order valence-corrected chi connectivity index (χ2v) is 17.6. The van der Waals surface area contributed by atoms with Crippen LogP contribution in [-0.4, -0.2) is 34.9 Å². The molecule has 0 saturated carbocycles. The van der Waals surface area contributed by atoms with E-state index in [2.05, 4.69) is 55.6 Å². The van der Waals surface area contributed by atoms with Gasteiger partial charge in [-0.15, -0.1) is 0 Å². The molecule has 0 radical (unpaired) electrons. The van der Waals surface area contributed by atoms with Crippen molar-refractivity contribution >= 4 is 5.91 Å². The van der Waals surface area contributed by atoms with E-state index in [9.17, 15) is 15.0 Å². The Hall–Kier alpha value is -1.39. The maximum absolute atomic E-state index is 12.3. The van der Waals surface area contributed by atoms with E-state index >= 15 is 0 Å². The first kappa shape index (κ1) is 55.6. The minimum absolute atomic E-state index is 0.0366. The highest BCUT2D eigenvalue weighted by atomic mass is 16.3. The Labute approximate surface area is 357 Å². The standard InChI is InChI=1S/C53H101NO3/c1-3-5-7-9-10-11-12-13-14-15-16-17-18-19-20-21-22-23-24-25-26-27-28-29-30-31-32-33-34-35-36-37-38-39-40-41-42-43-44-45-47-49-53(57)54-51(50-55)52(56)48-46-8-6-4-2/h12-13,15-16,18-19,51-52,55-56H,3-11,14,17,20-50H2,1-2H3,(H,54,57)/b13-12-,16-15-,19-18-.